The van der Waals surface area contributed by atoms with E-state index >= 15 is 0 Å². The van der Waals surface area contributed by atoms with Crippen molar-refractivity contribution in [2.75, 3.05) is 5.73 Å². The number of benzene rings is 1. The summed E-state index contributed by atoms with van der Waals surface area (Å²) in [6.07, 6.45) is 0.654. The lowest BCUT2D eigenvalue weighted by Crippen LogP contribution is -1.91. The van der Waals surface area contributed by atoms with Crippen molar-refractivity contribution in [2.24, 2.45) is 0 Å². The highest BCUT2D eigenvalue weighted by Gasteiger charge is 2.12. The Hall–Kier alpha value is -1.85. The molecule has 0 fully saturated rings. The molecule has 2 heterocycles. The Morgan fingerprint density at radius 3 is 3.00 bits per heavy atom. The first-order valence-electron chi connectivity index (χ1n) is 5.63. The van der Waals surface area contributed by atoms with Gasteiger partial charge in [-0.25, -0.2) is 0 Å². The SMILES string of the molecule is Nc1ccc(Cl)cc1-c1nc(Cc2cccs2)no1. The quantitative estimate of drug-likeness (QED) is 0.749. The fraction of sp³-hybridized carbons (Fsp3) is 0.0769. The minimum absolute atomic E-state index is 0.395. The lowest BCUT2D eigenvalue weighted by atomic mass is 10.2. The second-order valence-electron chi connectivity index (χ2n) is 4.00. The molecule has 0 aliphatic carbocycles. The number of hydrogen-bond acceptors (Lipinski definition) is 5. The summed E-state index contributed by atoms with van der Waals surface area (Å²) in [7, 11) is 0. The molecule has 1 aromatic carbocycles. The van der Waals surface area contributed by atoms with E-state index in [9.17, 15) is 0 Å². The third kappa shape index (κ3) is 2.62. The summed E-state index contributed by atoms with van der Waals surface area (Å²) in [5.41, 5.74) is 7.11. The van der Waals surface area contributed by atoms with Gasteiger partial charge in [0.15, 0.2) is 5.82 Å². The van der Waals surface area contributed by atoms with Crippen LogP contribution in [-0.2, 0) is 6.42 Å². The van der Waals surface area contributed by atoms with Gasteiger partial charge in [0.1, 0.15) is 0 Å². The lowest BCUT2D eigenvalue weighted by molar-refractivity contribution is 0.424. The molecular weight excluding hydrogens is 282 g/mol. The maximum absolute atomic E-state index is 5.94. The van der Waals surface area contributed by atoms with Crippen LogP contribution in [0.3, 0.4) is 0 Å². The standard InChI is InChI=1S/C13H10ClN3OS/c14-8-3-4-11(15)10(6-8)13-16-12(17-18-13)7-9-2-1-5-19-9/h1-6H,7,15H2. The molecule has 96 valence electrons. The highest BCUT2D eigenvalue weighted by molar-refractivity contribution is 7.09. The highest BCUT2D eigenvalue weighted by atomic mass is 35.5. The molecule has 0 bridgehead atoms. The predicted molar refractivity (Wildman–Crippen MR) is 76.3 cm³/mol. The van der Waals surface area contributed by atoms with Crippen LogP contribution in [0.4, 0.5) is 5.69 Å². The van der Waals surface area contributed by atoms with E-state index < -0.39 is 0 Å². The molecule has 2 aromatic heterocycles. The maximum atomic E-state index is 5.94. The molecule has 0 spiro atoms. The molecule has 0 aliphatic rings. The van der Waals surface area contributed by atoms with Gasteiger partial charge < -0.3 is 10.3 Å². The van der Waals surface area contributed by atoms with E-state index in [0.717, 1.165) is 0 Å². The molecule has 6 heteroatoms. The van der Waals surface area contributed by atoms with Gasteiger partial charge in [-0.05, 0) is 29.6 Å². The number of aromatic nitrogens is 2. The van der Waals surface area contributed by atoms with Crippen LogP contribution in [0.25, 0.3) is 11.5 Å². The van der Waals surface area contributed by atoms with Crippen molar-refractivity contribution in [1.82, 2.24) is 10.1 Å². The highest BCUT2D eigenvalue weighted by Crippen LogP contribution is 2.27. The second-order valence-corrected chi connectivity index (χ2v) is 5.47. The van der Waals surface area contributed by atoms with Gasteiger partial charge in [0, 0.05) is 22.0 Å². The number of nitrogens with zero attached hydrogens (tertiary/aromatic N) is 2. The Morgan fingerprint density at radius 2 is 2.21 bits per heavy atom. The molecule has 0 radical (unpaired) electrons. The Balaban J connectivity index is 1.90. The number of nitrogen functional groups attached to an aromatic ring is 1. The first kappa shape index (κ1) is 12.2. The minimum Gasteiger partial charge on any atom is -0.398 e. The zero-order chi connectivity index (χ0) is 13.2. The number of rotatable bonds is 3. The number of anilines is 1. The zero-order valence-corrected chi connectivity index (χ0v) is 11.4. The molecule has 2 N–H and O–H groups in total. The summed E-state index contributed by atoms with van der Waals surface area (Å²) in [6, 6.07) is 9.20. The van der Waals surface area contributed by atoms with E-state index in [2.05, 4.69) is 10.1 Å². The predicted octanol–water partition coefficient (Wildman–Crippen LogP) is 3.62. The van der Waals surface area contributed by atoms with Gasteiger partial charge in [-0.2, -0.15) is 4.98 Å². The first-order chi connectivity index (χ1) is 9.22. The number of thiophene rings is 1. The Labute approximate surface area is 118 Å². The van der Waals surface area contributed by atoms with E-state index in [1.165, 1.54) is 4.88 Å². The van der Waals surface area contributed by atoms with Crippen LogP contribution in [-0.4, -0.2) is 10.1 Å². The first-order valence-corrected chi connectivity index (χ1v) is 6.88. The van der Waals surface area contributed by atoms with Crippen molar-refractivity contribution in [3.8, 4) is 11.5 Å². The number of nitrogens with two attached hydrogens (primary N) is 1. The normalized spacial score (nSPS) is 10.8. The Morgan fingerprint density at radius 1 is 1.32 bits per heavy atom. The van der Waals surface area contributed by atoms with Crippen LogP contribution in [0, 0.1) is 0 Å². The summed E-state index contributed by atoms with van der Waals surface area (Å²) < 4.78 is 5.24. The van der Waals surface area contributed by atoms with Crippen molar-refractivity contribution >= 4 is 28.6 Å². The fourth-order valence-electron chi connectivity index (χ4n) is 1.72. The van der Waals surface area contributed by atoms with Gasteiger partial charge in [-0.15, -0.1) is 11.3 Å². The third-order valence-electron chi connectivity index (χ3n) is 2.63. The molecule has 0 unspecified atom stereocenters. The maximum Gasteiger partial charge on any atom is 0.260 e. The molecule has 0 atom stereocenters. The smallest absolute Gasteiger partial charge is 0.260 e. The van der Waals surface area contributed by atoms with Gasteiger partial charge in [0.05, 0.1) is 5.56 Å². The van der Waals surface area contributed by atoms with Crippen LogP contribution in [0.1, 0.15) is 10.7 Å². The molecular formula is C13H10ClN3OS. The third-order valence-corrected chi connectivity index (χ3v) is 3.74. The van der Waals surface area contributed by atoms with E-state index in [4.69, 9.17) is 21.9 Å². The van der Waals surface area contributed by atoms with Gasteiger partial charge in [-0.1, -0.05) is 22.8 Å². The molecule has 0 saturated heterocycles. The monoisotopic (exact) mass is 291 g/mol. The van der Waals surface area contributed by atoms with Gasteiger partial charge >= 0.3 is 0 Å². The number of hydrogen-bond donors (Lipinski definition) is 1. The molecule has 0 saturated carbocycles. The minimum atomic E-state index is 0.395. The van der Waals surface area contributed by atoms with Crippen molar-refractivity contribution < 1.29 is 4.52 Å². The average Bonchev–Trinajstić information content (AvgIpc) is 3.04. The summed E-state index contributed by atoms with van der Waals surface area (Å²) in [6.45, 7) is 0. The summed E-state index contributed by atoms with van der Waals surface area (Å²) >= 11 is 7.61. The van der Waals surface area contributed by atoms with E-state index in [0.29, 0.717) is 34.4 Å². The molecule has 0 aliphatic heterocycles. The van der Waals surface area contributed by atoms with E-state index in [-0.39, 0.29) is 0 Å². The largest absolute Gasteiger partial charge is 0.398 e. The Bertz CT molecular complexity index is 694. The average molecular weight is 292 g/mol. The van der Waals surface area contributed by atoms with Gasteiger partial charge in [0.2, 0.25) is 0 Å². The van der Waals surface area contributed by atoms with E-state index in [1.54, 1.807) is 29.5 Å². The second kappa shape index (κ2) is 5.03. The topological polar surface area (TPSA) is 64.9 Å². The van der Waals surface area contributed by atoms with Crippen molar-refractivity contribution in [3.63, 3.8) is 0 Å². The number of halogens is 1. The molecule has 19 heavy (non-hydrogen) atoms. The van der Waals surface area contributed by atoms with Gasteiger partial charge in [-0.3, -0.25) is 0 Å². The van der Waals surface area contributed by atoms with Crippen LogP contribution in [0.2, 0.25) is 5.02 Å². The Kier molecular flexibility index (Phi) is 3.23. The van der Waals surface area contributed by atoms with Crippen LogP contribution < -0.4 is 5.73 Å². The van der Waals surface area contributed by atoms with Crippen LogP contribution in [0.5, 0.6) is 0 Å². The molecule has 3 aromatic rings. The van der Waals surface area contributed by atoms with E-state index in [1.807, 2.05) is 17.5 Å². The van der Waals surface area contributed by atoms with Crippen molar-refractivity contribution in [2.45, 2.75) is 6.42 Å². The zero-order valence-electron chi connectivity index (χ0n) is 9.84. The van der Waals surface area contributed by atoms with Gasteiger partial charge in [0.25, 0.3) is 5.89 Å². The summed E-state index contributed by atoms with van der Waals surface area (Å²) in [4.78, 5) is 5.53. The molecule has 0 amide bonds. The molecule has 4 nitrogen and oxygen atoms in total. The van der Waals surface area contributed by atoms with Crippen molar-refractivity contribution in [1.29, 1.82) is 0 Å². The van der Waals surface area contributed by atoms with Crippen LogP contribution >= 0.6 is 22.9 Å². The fourth-order valence-corrected chi connectivity index (χ4v) is 2.59. The molecule has 3 rings (SSSR count). The van der Waals surface area contributed by atoms with Crippen LogP contribution in [0.15, 0.2) is 40.2 Å². The van der Waals surface area contributed by atoms with Crippen molar-refractivity contribution in [3.05, 3.63) is 51.4 Å². The lowest BCUT2D eigenvalue weighted by Gasteiger charge is -2.00. The summed E-state index contributed by atoms with van der Waals surface area (Å²) in [5, 5.41) is 6.56. The summed E-state index contributed by atoms with van der Waals surface area (Å²) in [5.74, 6) is 1.03.